The van der Waals surface area contributed by atoms with E-state index in [1.165, 1.54) is 5.56 Å². The average Bonchev–Trinajstić information content (AvgIpc) is 2.48. The van der Waals surface area contributed by atoms with Gasteiger partial charge in [0.1, 0.15) is 11.5 Å². The number of para-hydroxylation sites is 1. The van der Waals surface area contributed by atoms with Crippen molar-refractivity contribution in [3.8, 4) is 11.5 Å². The summed E-state index contributed by atoms with van der Waals surface area (Å²) in [5.41, 5.74) is 7.89. The molecule has 0 amide bonds. The quantitative estimate of drug-likeness (QED) is 0.830. The van der Waals surface area contributed by atoms with Gasteiger partial charge < -0.3 is 10.5 Å². The number of halogens is 1. The van der Waals surface area contributed by atoms with E-state index < -0.39 is 0 Å². The summed E-state index contributed by atoms with van der Waals surface area (Å²) in [7, 11) is 0. The molecule has 2 nitrogen and oxygen atoms in total. The topological polar surface area (TPSA) is 35.2 Å². The fourth-order valence-corrected chi connectivity index (χ4v) is 2.32. The molecule has 0 spiro atoms. The number of rotatable bonds is 5. The third kappa shape index (κ3) is 3.33. The highest BCUT2D eigenvalue weighted by Crippen LogP contribution is 2.34. The molecular weight excluding hydrogens is 270 g/mol. The van der Waals surface area contributed by atoms with Crippen molar-refractivity contribution < 1.29 is 4.74 Å². The lowest BCUT2D eigenvalue weighted by atomic mass is 9.98. The van der Waals surface area contributed by atoms with E-state index in [2.05, 4.69) is 19.9 Å². The molecular formula is C17H20ClNO. The molecule has 2 aromatic rings. The first-order valence-corrected chi connectivity index (χ1v) is 7.28. The van der Waals surface area contributed by atoms with Crippen LogP contribution in [0.4, 0.5) is 0 Å². The Kier molecular flexibility index (Phi) is 5.05. The lowest BCUT2D eigenvalue weighted by Crippen LogP contribution is -2.01. The van der Waals surface area contributed by atoms with E-state index >= 15 is 0 Å². The molecule has 1 atom stereocenters. The van der Waals surface area contributed by atoms with Crippen LogP contribution in [0.3, 0.4) is 0 Å². The van der Waals surface area contributed by atoms with E-state index in [0.29, 0.717) is 17.5 Å². The molecule has 0 bridgehead atoms. The van der Waals surface area contributed by atoms with Gasteiger partial charge in [-0.3, -0.25) is 0 Å². The Morgan fingerprint density at radius 1 is 1.15 bits per heavy atom. The second-order valence-electron chi connectivity index (χ2n) is 4.91. The monoisotopic (exact) mass is 289 g/mol. The minimum absolute atomic E-state index is 0.404. The summed E-state index contributed by atoms with van der Waals surface area (Å²) in [5.74, 6) is 2.12. The van der Waals surface area contributed by atoms with Crippen LogP contribution in [-0.4, -0.2) is 0 Å². The van der Waals surface area contributed by atoms with E-state index in [9.17, 15) is 0 Å². The molecule has 2 aromatic carbocycles. The first-order valence-electron chi connectivity index (χ1n) is 6.91. The standard InChI is InChI=1S/C17H20ClNO/c1-3-12(2)15-6-4-5-7-17(15)20-16-9-8-14(18)10-13(16)11-19/h4-10,12H,3,11,19H2,1-2H3. The van der Waals surface area contributed by atoms with Crippen molar-refractivity contribution in [2.45, 2.75) is 32.7 Å². The Morgan fingerprint density at radius 2 is 1.90 bits per heavy atom. The van der Waals surface area contributed by atoms with Crippen molar-refractivity contribution in [1.29, 1.82) is 0 Å². The van der Waals surface area contributed by atoms with E-state index in [4.69, 9.17) is 22.1 Å². The molecule has 0 aliphatic rings. The Bertz CT molecular complexity index is 583. The maximum Gasteiger partial charge on any atom is 0.132 e. The third-order valence-electron chi connectivity index (χ3n) is 3.52. The van der Waals surface area contributed by atoms with E-state index in [0.717, 1.165) is 23.5 Å². The fourth-order valence-electron chi connectivity index (χ4n) is 2.13. The van der Waals surface area contributed by atoms with Gasteiger partial charge in [0.15, 0.2) is 0 Å². The van der Waals surface area contributed by atoms with Crippen LogP contribution in [0.5, 0.6) is 11.5 Å². The predicted molar refractivity (Wildman–Crippen MR) is 84.6 cm³/mol. The van der Waals surface area contributed by atoms with Crippen LogP contribution in [0.15, 0.2) is 42.5 Å². The smallest absolute Gasteiger partial charge is 0.132 e. The van der Waals surface area contributed by atoms with Gasteiger partial charge >= 0.3 is 0 Å². The van der Waals surface area contributed by atoms with Gasteiger partial charge in [0.05, 0.1) is 0 Å². The van der Waals surface area contributed by atoms with E-state index in [1.807, 2.05) is 36.4 Å². The van der Waals surface area contributed by atoms with Crippen LogP contribution >= 0.6 is 11.6 Å². The van der Waals surface area contributed by atoms with Crippen molar-refractivity contribution in [3.63, 3.8) is 0 Å². The summed E-state index contributed by atoms with van der Waals surface area (Å²) in [6, 6.07) is 13.7. The highest BCUT2D eigenvalue weighted by Gasteiger charge is 2.12. The van der Waals surface area contributed by atoms with Crippen LogP contribution in [0.25, 0.3) is 0 Å². The van der Waals surface area contributed by atoms with Crippen LogP contribution in [0.1, 0.15) is 37.3 Å². The molecule has 0 fully saturated rings. The van der Waals surface area contributed by atoms with Gasteiger partial charge in [-0.25, -0.2) is 0 Å². The second-order valence-corrected chi connectivity index (χ2v) is 5.34. The number of benzene rings is 2. The van der Waals surface area contributed by atoms with Crippen molar-refractivity contribution in [2.75, 3.05) is 0 Å². The molecule has 2 N–H and O–H groups in total. The van der Waals surface area contributed by atoms with Crippen molar-refractivity contribution >= 4 is 11.6 Å². The number of hydrogen-bond donors (Lipinski definition) is 1. The second kappa shape index (κ2) is 6.78. The van der Waals surface area contributed by atoms with Crippen molar-refractivity contribution in [3.05, 3.63) is 58.6 Å². The van der Waals surface area contributed by atoms with Gasteiger partial charge in [-0.15, -0.1) is 0 Å². The zero-order chi connectivity index (χ0) is 14.5. The maximum atomic E-state index is 6.07. The third-order valence-corrected chi connectivity index (χ3v) is 3.76. The van der Waals surface area contributed by atoms with Gasteiger partial charge in [0.2, 0.25) is 0 Å². The van der Waals surface area contributed by atoms with Crippen molar-refractivity contribution in [1.82, 2.24) is 0 Å². The molecule has 0 aliphatic carbocycles. The first-order chi connectivity index (χ1) is 9.65. The highest BCUT2D eigenvalue weighted by molar-refractivity contribution is 6.30. The summed E-state index contributed by atoms with van der Waals surface area (Å²) in [4.78, 5) is 0. The molecule has 0 saturated heterocycles. The first kappa shape index (κ1) is 14.9. The number of nitrogens with two attached hydrogens (primary N) is 1. The molecule has 0 saturated carbocycles. The van der Waals surface area contributed by atoms with Crippen LogP contribution in [0.2, 0.25) is 5.02 Å². The minimum atomic E-state index is 0.404. The fraction of sp³-hybridized carbons (Fsp3) is 0.294. The molecule has 2 rings (SSSR count). The van der Waals surface area contributed by atoms with Crippen LogP contribution in [0, 0.1) is 0 Å². The molecule has 0 radical (unpaired) electrons. The summed E-state index contributed by atoms with van der Waals surface area (Å²) in [5, 5.41) is 0.674. The Morgan fingerprint density at radius 3 is 2.60 bits per heavy atom. The molecule has 106 valence electrons. The lowest BCUT2D eigenvalue weighted by molar-refractivity contribution is 0.464. The maximum absolute atomic E-state index is 6.07. The summed E-state index contributed by atoms with van der Waals surface area (Å²) < 4.78 is 6.07. The molecule has 1 unspecified atom stereocenters. The van der Waals surface area contributed by atoms with Crippen LogP contribution < -0.4 is 10.5 Å². The van der Waals surface area contributed by atoms with Gasteiger partial charge in [-0.1, -0.05) is 43.6 Å². The van der Waals surface area contributed by atoms with E-state index in [1.54, 1.807) is 0 Å². The Labute approximate surface area is 125 Å². The highest BCUT2D eigenvalue weighted by atomic mass is 35.5. The largest absolute Gasteiger partial charge is 0.457 e. The Balaban J connectivity index is 2.35. The minimum Gasteiger partial charge on any atom is -0.457 e. The van der Waals surface area contributed by atoms with Gasteiger partial charge in [0.25, 0.3) is 0 Å². The van der Waals surface area contributed by atoms with Gasteiger partial charge in [-0.05, 0) is 42.2 Å². The van der Waals surface area contributed by atoms with Gasteiger partial charge in [-0.2, -0.15) is 0 Å². The zero-order valence-corrected chi connectivity index (χ0v) is 12.7. The summed E-state index contributed by atoms with van der Waals surface area (Å²) in [6.45, 7) is 4.78. The van der Waals surface area contributed by atoms with E-state index in [-0.39, 0.29) is 0 Å². The van der Waals surface area contributed by atoms with Crippen molar-refractivity contribution in [2.24, 2.45) is 5.73 Å². The molecule has 20 heavy (non-hydrogen) atoms. The molecule has 0 heterocycles. The van der Waals surface area contributed by atoms with Gasteiger partial charge in [0, 0.05) is 17.1 Å². The molecule has 0 aromatic heterocycles. The summed E-state index contributed by atoms with van der Waals surface area (Å²) in [6.07, 6.45) is 1.07. The zero-order valence-electron chi connectivity index (χ0n) is 11.9. The number of ether oxygens (including phenoxy) is 1. The summed E-state index contributed by atoms with van der Waals surface area (Å²) >= 11 is 5.99. The van der Waals surface area contributed by atoms with Crippen LogP contribution in [-0.2, 0) is 6.54 Å². The Hall–Kier alpha value is -1.51. The lowest BCUT2D eigenvalue weighted by Gasteiger charge is -2.17. The SMILES string of the molecule is CCC(C)c1ccccc1Oc1ccc(Cl)cc1CN. The molecule has 3 heteroatoms. The normalized spacial score (nSPS) is 12.2. The molecule has 0 aliphatic heterocycles. The predicted octanol–water partition coefficient (Wildman–Crippen LogP) is 5.10. The number of hydrogen-bond acceptors (Lipinski definition) is 2. The average molecular weight is 290 g/mol.